The fourth-order valence-corrected chi connectivity index (χ4v) is 3.02. The summed E-state index contributed by atoms with van der Waals surface area (Å²) >= 11 is 1.30. The number of benzene rings is 2. The second-order valence-corrected chi connectivity index (χ2v) is 5.76. The standard InChI is InChI=1S/C16H10F3NOS/c17-16(18,19)11-5-3-6-12(9-11)20-15(21)14-8-10-4-1-2-7-13(10)22-14/h1-9H,(H,20,21). The summed E-state index contributed by atoms with van der Waals surface area (Å²) < 4.78 is 38.9. The van der Waals surface area contributed by atoms with Gasteiger partial charge in [0.15, 0.2) is 0 Å². The molecule has 6 heteroatoms. The summed E-state index contributed by atoms with van der Waals surface area (Å²) in [7, 11) is 0. The van der Waals surface area contributed by atoms with Crippen LogP contribution in [0.1, 0.15) is 15.2 Å². The van der Waals surface area contributed by atoms with Crippen molar-refractivity contribution in [1.82, 2.24) is 0 Å². The van der Waals surface area contributed by atoms with E-state index >= 15 is 0 Å². The van der Waals surface area contributed by atoms with Gasteiger partial charge in [-0.15, -0.1) is 11.3 Å². The second kappa shape index (κ2) is 5.46. The summed E-state index contributed by atoms with van der Waals surface area (Å²) in [4.78, 5) is 12.6. The third kappa shape index (κ3) is 2.96. The Hall–Kier alpha value is -2.34. The normalized spacial score (nSPS) is 11.6. The zero-order valence-corrected chi connectivity index (χ0v) is 12.0. The molecule has 0 radical (unpaired) electrons. The minimum Gasteiger partial charge on any atom is -0.321 e. The van der Waals surface area contributed by atoms with Gasteiger partial charge < -0.3 is 5.32 Å². The predicted molar refractivity (Wildman–Crippen MR) is 81.2 cm³/mol. The monoisotopic (exact) mass is 321 g/mol. The van der Waals surface area contributed by atoms with Crippen LogP contribution in [0.3, 0.4) is 0 Å². The van der Waals surface area contributed by atoms with E-state index in [1.54, 1.807) is 6.07 Å². The van der Waals surface area contributed by atoms with Gasteiger partial charge in [0.05, 0.1) is 10.4 Å². The minimum absolute atomic E-state index is 0.122. The highest BCUT2D eigenvalue weighted by molar-refractivity contribution is 7.20. The largest absolute Gasteiger partial charge is 0.416 e. The molecule has 0 atom stereocenters. The third-order valence-electron chi connectivity index (χ3n) is 3.10. The highest BCUT2D eigenvalue weighted by Crippen LogP contribution is 2.31. The SMILES string of the molecule is O=C(Nc1cccc(C(F)(F)F)c1)c1cc2ccccc2s1. The van der Waals surface area contributed by atoms with E-state index in [1.165, 1.54) is 23.5 Å². The zero-order chi connectivity index (χ0) is 15.7. The van der Waals surface area contributed by atoms with E-state index in [2.05, 4.69) is 5.32 Å². The second-order valence-electron chi connectivity index (χ2n) is 4.68. The van der Waals surface area contributed by atoms with Gasteiger partial charge in [0.1, 0.15) is 0 Å². The first-order valence-electron chi connectivity index (χ1n) is 6.41. The summed E-state index contributed by atoms with van der Waals surface area (Å²) in [6, 6.07) is 13.8. The lowest BCUT2D eigenvalue weighted by atomic mass is 10.2. The van der Waals surface area contributed by atoms with Crippen LogP contribution < -0.4 is 5.32 Å². The van der Waals surface area contributed by atoms with E-state index < -0.39 is 17.6 Å². The van der Waals surface area contributed by atoms with E-state index in [-0.39, 0.29) is 5.69 Å². The molecule has 1 amide bonds. The van der Waals surface area contributed by atoms with Crippen molar-refractivity contribution in [1.29, 1.82) is 0 Å². The van der Waals surface area contributed by atoms with Crippen LogP contribution in [0.2, 0.25) is 0 Å². The fraction of sp³-hybridized carbons (Fsp3) is 0.0625. The maximum atomic E-state index is 12.7. The van der Waals surface area contributed by atoms with Crippen molar-refractivity contribution in [3.63, 3.8) is 0 Å². The molecule has 1 heterocycles. The van der Waals surface area contributed by atoms with E-state index in [0.717, 1.165) is 22.2 Å². The number of nitrogens with one attached hydrogen (secondary N) is 1. The lowest BCUT2D eigenvalue weighted by Crippen LogP contribution is -2.11. The molecular formula is C16H10F3NOS. The van der Waals surface area contributed by atoms with Crippen LogP contribution in [0.25, 0.3) is 10.1 Å². The van der Waals surface area contributed by atoms with Crippen LogP contribution >= 0.6 is 11.3 Å². The number of amides is 1. The highest BCUT2D eigenvalue weighted by Gasteiger charge is 2.30. The summed E-state index contributed by atoms with van der Waals surface area (Å²) in [5.41, 5.74) is -0.668. The number of anilines is 1. The van der Waals surface area contributed by atoms with Crippen LogP contribution in [0, 0.1) is 0 Å². The van der Waals surface area contributed by atoms with Gasteiger partial charge in [-0.3, -0.25) is 4.79 Å². The molecule has 0 aliphatic heterocycles. The van der Waals surface area contributed by atoms with Crippen LogP contribution in [0.15, 0.2) is 54.6 Å². The maximum absolute atomic E-state index is 12.7. The Bertz CT molecular complexity index is 806. The smallest absolute Gasteiger partial charge is 0.321 e. The first-order valence-corrected chi connectivity index (χ1v) is 7.22. The minimum atomic E-state index is -4.43. The van der Waals surface area contributed by atoms with E-state index in [4.69, 9.17) is 0 Å². The molecule has 0 aliphatic rings. The predicted octanol–water partition coefficient (Wildman–Crippen LogP) is 5.17. The summed E-state index contributed by atoms with van der Waals surface area (Å²) in [5.74, 6) is -0.416. The molecule has 3 aromatic rings. The Morgan fingerprint density at radius 2 is 1.77 bits per heavy atom. The Labute approximate surface area is 128 Å². The number of carbonyl (C=O) groups is 1. The number of halogens is 3. The van der Waals surface area contributed by atoms with Gasteiger partial charge in [-0.1, -0.05) is 24.3 Å². The van der Waals surface area contributed by atoms with Gasteiger partial charge >= 0.3 is 6.18 Å². The van der Waals surface area contributed by atoms with Gasteiger partial charge in [0, 0.05) is 10.4 Å². The van der Waals surface area contributed by atoms with Crippen molar-refractivity contribution in [2.45, 2.75) is 6.18 Å². The van der Waals surface area contributed by atoms with E-state index in [1.807, 2.05) is 24.3 Å². The van der Waals surface area contributed by atoms with Crippen LogP contribution in [-0.4, -0.2) is 5.91 Å². The van der Waals surface area contributed by atoms with Crippen molar-refractivity contribution in [3.05, 3.63) is 65.0 Å². The Kier molecular flexibility index (Phi) is 3.62. The fourth-order valence-electron chi connectivity index (χ4n) is 2.06. The van der Waals surface area contributed by atoms with Gasteiger partial charge in [-0.25, -0.2) is 0 Å². The molecule has 2 nitrogen and oxygen atoms in total. The number of fused-ring (bicyclic) bond motifs is 1. The molecular weight excluding hydrogens is 311 g/mol. The topological polar surface area (TPSA) is 29.1 Å². The first-order chi connectivity index (χ1) is 10.4. The van der Waals surface area contributed by atoms with Gasteiger partial charge in [-0.2, -0.15) is 13.2 Å². The molecule has 0 saturated carbocycles. The molecule has 0 aliphatic carbocycles. The number of hydrogen-bond donors (Lipinski definition) is 1. The van der Waals surface area contributed by atoms with Gasteiger partial charge in [0.25, 0.3) is 5.91 Å². The molecule has 22 heavy (non-hydrogen) atoms. The number of rotatable bonds is 2. The molecule has 112 valence electrons. The number of carbonyl (C=O) groups excluding carboxylic acids is 1. The molecule has 1 aromatic heterocycles. The van der Waals surface area contributed by atoms with Crippen molar-refractivity contribution < 1.29 is 18.0 Å². The lowest BCUT2D eigenvalue weighted by molar-refractivity contribution is -0.137. The van der Waals surface area contributed by atoms with Crippen LogP contribution in [0.5, 0.6) is 0 Å². The Morgan fingerprint density at radius 1 is 1.00 bits per heavy atom. The molecule has 0 spiro atoms. The zero-order valence-electron chi connectivity index (χ0n) is 11.1. The van der Waals surface area contributed by atoms with Crippen molar-refractivity contribution >= 4 is 33.0 Å². The number of alkyl halides is 3. The quantitative estimate of drug-likeness (QED) is 0.693. The molecule has 0 bridgehead atoms. The number of thiophene rings is 1. The third-order valence-corrected chi connectivity index (χ3v) is 4.21. The highest BCUT2D eigenvalue weighted by atomic mass is 32.1. The Morgan fingerprint density at radius 3 is 2.50 bits per heavy atom. The van der Waals surface area contributed by atoms with Gasteiger partial charge in [-0.05, 0) is 35.7 Å². The summed E-state index contributed by atoms with van der Waals surface area (Å²) in [5, 5.41) is 3.44. The molecule has 2 aromatic carbocycles. The maximum Gasteiger partial charge on any atom is 0.416 e. The van der Waals surface area contributed by atoms with Crippen molar-refractivity contribution in [2.24, 2.45) is 0 Å². The average Bonchev–Trinajstić information content (AvgIpc) is 2.90. The average molecular weight is 321 g/mol. The van der Waals surface area contributed by atoms with E-state index in [0.29, 0.717) is 4.88 Å². The Balaban J connectivity index is 1.85. The molecule has 3 rings (SSSR count). The van der Waals surface area contributed by atoms with Crippen molar-refractivity contribution in [2.75, 3.05) is 5.32 Å². The van der Waals surface area contributed by atoms with Crippen molar-refractivity contribution in [3.8, 4) is 0 Å². The first kappa shape index (κ1) is 14.6. The molecule has 0 fully saturated rings. The van der Waals surface area contributed by atoms with Crippen LogP contribution in [0.4, 0.5) is 18.9 Å². The summed E-state index contributed by atoms with van der Waals surface area (Å²) in [6.45, 7) is 0. The van der Waals surface area contributed by atoms with Crippen LogP contribution in [-0.2, 0) is 6.18 Å². The molecule has 1 N–H and O–H groups in total. The van der Waals surface area contributed by atoms with Gasteiger partial charge in [0.2, 0.25) is 0 Å². The summed E-state index contributed by atoms with van der Waals surface area (Å²) in [6.07, 6.45) is -4.43. The lowest BCUT2D eigenvalue weighted by Gasteiger charge is -2.09. The molecule has 0 saturated heterocycles. The molecule has 0 unspecified atom stereocenters. The number of hydrogen-bond acceptors (Lipinski definition) is 2. The van der Waals surface area contributed by atoms with E-state index in [9.17, 15) is 18.0 Å².